The summed E-state index contributed by atoms with van der Waals surface area (Å²) in [5.74, 6) is 0.276. The van der Waals surface area contributed by atoms with Gasteiger partial charge in [0.2, 0.25) is 11.8 Å². The molecule has 0 saturated carbocycles. The number of hydrogen-bond donors (Lipinski definition) is 1. The van der Waals surface area contributed by atoms with Crippen molar-refractivity contribution < 1.29 is 9.59 Å². The van der Waals surface area contributed by atoms with Crippen LogP contribution in [0.15, 0.2) is 12.4 Å². The van der Waals surface area contributed by atoms with Crippen molar-refractivity contribution >= 4 is 11.8 Å². The zero-order chi connectivity index (χ0) is 18.7. The number of hydrogen-bond acceptors (Lipinski definition) is 5. The van der Waals surface area contributed by atoms with Gasteiger partial charge in [0.05, 0.1) is 30.2 Å². The van der Waals surface area contributed by atoms with Crippen LogP contribution in [0.4, 0.5) is 0 Å². The molecule has 142 valence electrons. The van der Waals surface area contributed by atoms with E-state index in [9.17, 15) is 9.59 Å². The van der Waals surface area contributed by atoms with E-state index in [0.29, 0.717) is 13.0 Å². The number of nitrogens with one attached hydrogen (secondary N) is 1. The highest BCUT2D eigenvalue weighted by molar-refractivity contribution is 5.81. The lowest BCUT2D eigenvalue weighted by molar-refractivity contribution is -0.140. The Morgan fingerprint density at radius 3 is 2.62 bits per heavy atom. The van der Waals surface area contributed by atoms with Gasteiger partial charge in [0, 0.05) is 26.2 Å². The molecule has 1 N–H and O–H groups in total. The maximum absolute atomic E-state index is 12.4. The number of rotatable bonds is 4. The fourth-order valence-electron chi connectivity index (χ4n) is 4.11. The van der Waals surface area contributed by atoms with Gasteiger partial charge in [0.1, 0.15) is 0 Å². The third kappa shape index (κ3) is 4.03. The molecule has 0 aromatic carbocycles. The first kappa shape index (κ1) is 18.8. The second-order valence-electron chi connectivity index (χ2n) is 7.73. The summed E-state index contributed by atoms with van der Waals surface area (Å²) in [6, 6.07) is -0.0958. The zero-order valence-corrected chi connectivity index (χ0v) is 16.0. The number of piperidine rings is 2. The highest BCUT2D eigenvalue weighted by Crippen LogP contribution is 2.40. The third-order valence-corrected chi connectivity index (χ3v) is 5.97. The van der Waals surface area contributed by atoms with Crippen LogP contribution in [0.3, 0.4) is 0 Å². The molecule has 26 heavy (non-hydrogen) atoms. The topological polar surface area (TPSA) is 78.4 Å². The summed E-state index contributed by atoms with van der Waals surface area (Å²) in [5.41, 5.74) is 1.89. The van der Waals surface area contributed by atoms with Gasteiger partial charge in [-0.15, -0.1) is 0 Å². The van der Waals surface area contributed by atoms with Crippen molar-refractivity contribution in [2.24, 2.45) is 5.41 Å². The summed E-state index contributed by atoms with van der Waals surface area (Å²) in [6.07, 6.45) is 7.11. The van der Waals surface area contributed by atoms with Crippen LogP contribution in [0.1, 0.15) is 44.0 Å². The molecule has 3 heterocycles. The molecule has 1 spiro atoms. The summed E-state index contributed by atoms with van der Waals surface area (Å²) in [4.78, 5) is 37.2. The fourth-order valence-corrected chi connectivity index (χ4v) is 4.11. The Morgan fingerprint density at radius 2 is 2.00 bits per heavy atom. The number of aryl methyl sites for hydroxylation is 1. The summed E-state index contributed by atoms with van der Waals surface area (Å²) in [5, 5.41) is 2.73. The molecular formula is C19H29N5O2. The Kier molecular flexibility index (Phi) is 5.55. The number of carbonyl (C=O) groups excluding carboxylic acids is 2. The minimum Gasteiger partial charge on any atom is -0.358 e. The van der Waals surface area contributed by atoms with Gasteiger partial charge >= 0.3 is 0 Å². The fraction of sp³-hybridized carbons (Fsp3) is 0.684. The SMILES string of the molecule is CNC(=O)[C@H](C)N1CCC2(CCC(=O)N(Cc3cnc(C)cn3)C2)CC1. The molecule has 0 unspecified atom stereocenters. The number of aromatic nitrogens is 2. The Bertz CT molecular complexity index is 652. The third-order valence-electron chi connectivity index (χ3n) is 5.97. The first-order valence-corrected chi connectivity index (χ1v) is 9.43. The number of nitrogens with zero attached hydrogens (tertiary/aromatic N) is 4. The summed E-state index contributed by atoms with van der Waals surface area (Å²) in [6.45, 7) is 6.99. The molecular weight excluding hydrogens is 330 g/mol. The summed E-state index contributed by atoms with van der Waals surface area (Å²) < 4.78 is 0. The van der Waals surface area contributed by atoms with Crippen molar-refractivity contribution in [3.05, 3.63) is 23.8 Å². The lowest BCUT2D eigenvalue weighted by Crippen LogP contribution is -2.54. The molecule has 1 atom stereocenters. The van der Waals surface area contributed by atoms with E-state index in [4.69, 9.17) is 0 Å². The number of likely N-dealkylation sites (tertiary alicyclic amines) is 2. The van der Waals surface area contributed by atoms with Crippen LogP contribution < -0.4 is 5.32 Å². The van der Waals surface area contributed by atoms with E-state index in [2.05, 4.69) is 20.2 Å². The molecule has 7 nitrogen and oxygen atoms in total. The van der Waals surface area contributed by atoms with Gasteiger partial charge in [-0.25, -0.2) is 0 Å². The average molecular weight is 359 g/mol. The van der Waals surface area contributed by atoms with Gasteiger partial charge in [-0.3, -0.25) is 24.5 Å². The van der Waals surface area contributed by atoms with E-state index in [1.165, 1.54) is 0 Å². The van der Waals surface area contributed by atoms with Crippen molar-refractivity contribution in [3.8, 4) is 0 Å². The molecule has 1 aromatic heterocycles. The van der Waals surface area contributed by atoms with E-state index in [1.54, 1.807) is 19.4 Å². The van der Waals surface area contributed by atoms with Crippen LogP contribution in [0.2, 0.25) is 0 Å². The van der Waals surface area contributed by atoms with E-state index >= 15 is 0 Å². The van der Waals surface area contributed by atoms with Gasteiger partial charge < -0.3 is 10.2 Å². The minimum absolute atomic E-state index is 0.0688. The molecule has 2 aliphatic heterocycles. The van der Waals surface area contributed by atoms with Crippen molar-refractivity contribution in [2.75, 3.05) is 26.7 Å². The van der Waals surface area contributed by atoms with Crippen LogP contribution in [-0.2, 0) is 16.1 Å². The molecule has 2 aliphatic rings. The van der Waals surface area contributed by atoms with Crippen LogP contribution in [0.25, 0.3) is 0 Å². The zero-order valence-electron chi connectivity index (χ0n) is 16.0. The van der Waals surface area contributed by atoms with Crippen molar-refractivity contribution in [2.45, 2.75) is 52.1 Å². The minimum atomic E-state index is -0.0958. The Balaban J connectivity index is 1.62. The molecule has 2 amide bonds. The molecule has 0 bridgehead atoms. The van der Waals surface area contributed by atoms with Crippen molar-refractivity contribution in [1.29, 1.82) is 0 Å². The Hall–Kier alpha value is -2.02. The number of amides is 2. The van der Waals surface area contributed by atoms with E-state index < -0.39 is 0 Å². The van der Waals surface area contributed by atoms with Crippen LogP contribution >= 0.6 is 0 Å². The largest absolute Gasteiger partial charge is 0.358 e. The highest BCUT2D eigenvalue weighted by Gasteiger charge is 2.42. The lowest BCUT2D eigenvalue weighted by Gasteiger charge is -2.48. The van der Waals surface area contributed by atoms with E-state index in [0.717, 1.165) is 50.3 Å². The van der Waals surface area contributed by atoms with Gasteiger partial charge in [-0.05, 0) is 51.6 Å². The van der Waals surface area contributed by atoms with E-state index in [1.807, 2.05) is 18.7 Å². The van der Waals surface area contributed by atoms with Gasteiger partial charge in [0.25, 0.3) is 0 Å². The predicted octanol–water partition coefficient (Wildman–Crippen LogP) is 1.12. The standard InChI is InChI=1S/C19H29N5O2/c1-14-10-22-16(11-21-14)12-24-13-19(5-4-17(24)25)6-8-23(9-7-19)15(2)18(26)20-3/h10-11,15H,4-9,12-13H2,1-3H3,(H,20,26)/t15-/m0/s1. The van der Waals surface area contributed by atoms with Crippen molar-refractivity contribution in [3.63, 3.8) is 0 Å². The van der Waals surface area contributed by atoms with Crippen molar-refractivity contribution in [1.82, 2.24) is 25.1 Å². The number of likely N-dealkylation sites (N-methyl/N-ethyl adjacent to an activating group) is 1. The lowest BCUT2D eigenvalue weighted by atomic mass is 9.72. The maximum atomic E-state index is 12.4. The van der Waals surface area contributed by atoms with Gasteiger partial charge in [0.15, 0.2) is 0 Å². The summed E-state index contributed by atoms with van der Waals surface area (Å²) >= 11 is 0. The van der Waals surface area contributed by atoms with Gasteiger partial charge in [-0.1, -0.05) is 0 Å². The highest BCUT2D eigenvalue weighted by atomic mass is 16.2. The second kappa shape index (κ2) is 7.70. The predicted molar refractivity (Wildman–Crippen MR) is 98.2 cm³/mol. The quantitative estimate of drug-likeness (QED) is 0.872. The molecule has 7 heteroatoms. The smallest absolute Gasteiger partial charge is 0.236 e. The molecule has 0 radical (unpaired) electrons. The normalized spacial score (nSPS) is 21.7. The Morgan fingerprint density at radius 1 is 1.27 bits per heavy atom. The maximum Gasteiger partial charge on any atom is 0.236 e. The van der Waals surface area contributed by atoms with Crippen LogP contribution in [0, 0.1) is 12.3 Å². The first-order chi connectivity index (χ1) is 12.4. The van der Waals surface area contributed by atoms with E-state index in [-0.39, 0.29) is 23.3 Å². The second-order valence-corrected chi connectivity index (χ2v) is 7.73. The van der Waals surface area contributed by atoms with Crippen LogP contribution in [-0.4, -0.2) is 64.3 Å². The molecule has 2 fully saturated rings. The molecule has 3 rings (SSSR count). The Labute approximate surface area is 155 Å². The first-order valence-electron chi connectivity index (χ1n) is 9.43. The van der Waals surface area contributed by atoms with Gasteiger partial charge in [-0.2, -0.15) is 0 Å². The van der Waals surface area contributed by atoms with Crippen LogP contribution in [0.5, 0.6) is 0 Å². The number of carbonyl (C=O) groups is 2. The molecule has 2 saturated heterocycles. The summed E-state index contributed by atoms with van der Waals surface area (Å²) in [7, 11) is 1.68. The molecule has 1 aromatic rings. The monoisotopic (exact) mass is 359 g/mol. The average Bonchev–Trinajstić information content (AvgIpc) is 2.66. The molecule has 0 aliphatic carbocycles.